The third kappa shape index (κ3) is 9.43. The van der Waals surface area contributed by atoms with Crippen molar-refractivity contribution in [2.24, 2.45) is 25.4 Å². The Bertz CT molecular complexity index is 1150. The number of allylic oxidation sites excluding steroid dienone is 2. The van der Waals surface area contributed by atoms with E-state index in [4.69, 9.17) is 29.4 Å². The van der Waals surface area contributed by atoms with Crippen molar-refractivity contribution in [3.05, 3.63) is 82.9 Å². The molecule has 0 atom stereocenters. The minimum absolute atomic E-state index is 0. The zero-order valence-corrected chi connectivity index (χ0v) is 24.9. The predicted octanol–water partition coefficient (Wildman–Crippen LogP) is 6.59. The second-order valence-corrected chi connectivity index (χ2v) is 10.0. The van der Waals surface area contributed by atoms with Gasteiger partial charge in [0.25, 0.3) is 0 Å². The van der Waals surface area contributed by atoms with E-state index >= 15 is 0 Å². The van der Waals surface area contributed by atoms with Gasteiger partial charge >= 0.3 is 0 Å². The summed E-state index contributed by atoms with van der Waals surface area (Å²) < 4.78 is 11.7. The van der Waals surface area contributed by atoms with Crippen LogP contribution in [-0.4, -0.2) is 64.3 Å². The molecule has 0 saturated carbocycles. The molecule has 0 spiro atoms. The second-order valence-electron chi connectivity index (χ2n) is 10.0. The molecule has 1 aliphatic heterocycles. The van der Waals surface area contributed by atoms with Crippen LogP contribution >= 0.6 is 0 Å². The van der Waals surface area contributed by atoms with Crippen molar-refractivity contribution in [1.29, 1.82) is 0 Å². The van der Waals surface area contributed by atoms with Crippen LogP contribution in [0.2, 0.25) is 0 Å². The van der Waals surface area contributed by atoms with E-state index in [2.05, 4.69) is 13.8 Å². The Morgan fingerprint density at radius 1 is 0.667 bits per heavy atom. The summed E-state index contributed by atoms with van der Waals surface area (Å²) in [6.07, 6.45) is 4.61. The number of ether oxygens (including phenoxy) is 2. The van der Waals surface area contributed by atoms with Gasteiger partial charge < -0.3 is 9.47 Å². The van der Waals surface area contributed by atoms with Crippen molar-refractivity contribution in [2.45, 2.75) is 34.1 Å². The van der Waals surface area contributed by atoms with Gasteiger partial charge in [-0.15, -0.1) is 0 Å². The van der Waals surface area contributed by atoms with E-state index in [0.717, 1.165) is 51.6 Å². The fourth-order valence-corrected chi connectivity index (χ4v) is 4.13. The molecule has 0 unspecified atom stereocenters. The van der Waals surface area contributed by atoms with Gasteiger partial charge in [-0.3, -0.25) is 20.0 Å². The Labute approximate surface area is 243 Å². The average Bonchev–Trinajstić information content (AvgIpc) is 2.92. The Balaban J connectivity index is 0.00000533. The van der Waals surface area contributed by atoms with Crippen molar-refractivity contribution in [3.8, 4) is 0 Å². The molecule has 1 heterocycles. The Hall–Kier alpha value is -3.31. The molecule has 7 heteroatoms. The molecule has 39 heavy (non-hydrogen) atoms. The molecule has 1 aliphatic rings. The predicted molar refractivity (Wildman–Crippen MR) is 162 cm³/mol. The smallest absolute Gasteiger partial charge is 0.136 e. The number of aliphatic imine (C=N–C) groups is 4. The summed E-state index contributed by atoms with van der Waals surface area (Å²) in [6.45, 7) is 10.9. The number of methoxy groups -OCH3 is 2. The quantitative estimate of drug-likeness (QED) is 0.307. The molecular formula is C32H40N4NiO2. The largest absolute Gasteiger partial charge is 0.495 e. The normalized spacial score (nSPS) is 23.5. The maximum atomic E-state index is 5.84. The minimum Gasteiger partial charge on any atom is -0.495 e. The van der Waals surface area contributed by atoms with Gasteiger partial charge in [-0.1, -0.05) is 74.5 Å². The van der Waals surface area contributed by atoms with E-state index in [1.165, 1.54) is 0 Å². The van der Waals surface area contributed by atoms with Crippen molar-refractivity contribution >= 4 is 35.4 Å². The Morgan fingerprint density at radius 2 is 1.05 bits per heavy atom. The maximum absolute atomic E-state index is 5.84. The zero-order chi connectivity index (χ0) is 27.4. The monoisotopic (exact) mass is 570 g/mol. The number of hydrogen-bond donors (Lipinski definition) is 0. The molecular weight excluding hydrogens is 531 g/mol. The third-order valence-corrected chi connectivity index (χ3v) is 6.24. The molecule has 2 aromatic rings. The summed E-state index contributed by atoms with van der Waals surface area (Å²) in [5, 5.41) is 0. The minimum atomic E-state index is -0.156. The number of benzene rings is 2. The third-order valence-electron chi connectivity index (χ3n) is 6.24. The summed E-state index contributed by atoms with van der Waals surface area (Å²) >= 11 is 0. The standard InChI is InChI=1S/C32H40N4O2.Ni/c1-24-28(30(37-5)26-14-9-7-10-15-26)20-33-22-32(3,4)23-34-21-29(25(2)36-19-13-18-35-24)31(38-6)27-16-11-8-12-17-27;/h7-12,14-17,20-21H,13,18-19,22-23H2,1-6H3;/b30-28?,31-29?,33-20+,34-21+,35-24+,36-25+;. The molecule has 3 rings (SSSR count). The molecule has 2 aromatic carbocycles. The van der Waals surface area contributed by atoms with Crippen molar-refractivity contribution in [3.63, 3.8) is 0 Å². The molecule has 6 nitrogen and oxygen atoms in total. The van der Waals surface area contributed by atoms with Gasteiger partial charge in [0.2, 0.25) is 0 Å². The summed E-state index contributed by atoms with van der Waals surface area (Å²) in [6, 6.07) is 20.2. The molecule has 0 amide bonds. The zero-order valence-electron chi connectivity index (χ0n) is 23.9. The first-order chi connectivity index (χ1) is 18.4. The van der Waals surface area contributed by atoms with E-state index in [1.54, 1.807) is 14.2 Å². The molecule has 0 saturated heterocycles. The topological polar surface area (TPSA) is 67.9 Å². The van der Waals surface area contributed by atoms with Gasteiger partial charge in [-0.2, -0.15) is 0 Å². The summed E-state index contributed by atoms with van der Waals surface area (Å²) in [4.78, 5) is 19.4. The van der Waals surface area contributed by atoms with E-state index in [9.17, 15) is 0 Å². The number of hydrogen-bond acceptors (Lipinski definition) is 6. The van der Waals surface area contributed by atoms with Crippen LogP contribution in [0.4, 0.5) is 0 Å². The van der Waals surface area contributed by atoms with Gasteiger partial charge in [-0.05, 0) is 20.3 Å². The van der Waals surface area contributed by atoms with Crippen LogP contribution in [0.25, 0.3) is 11.5 Å². The number of nitrogens with zero attached hydrogens (tertiary/aromatic N) is 4. The SMILES string of the molecule is COC(=C1/C=N/CC(C)(C)C/N=C/C(=C(OC)c2ccccc2)/C(C)=N/CCC/N=C/1C)c1ccccc1.[Ni]. The van der Waals surface area contributed by atoms with E-state index in [-0.39, 0.29) is 21.9 Å². The van der Waals surface area contributed by atoms with Gasteiger partial charge in [0.05, 0.1) is 25.4 Å². The van der Waals surface area contributed by atoms with Gasteiger partial charge in [0.1, 0.15) is 11.5 Å². The first kappa shape index (κ1) is 31.9. The van der Waals surface area contributed by atoms with Crippen molar-refractivity contribution < 1.29 is 26.0 Å². The van der Waals surface area contributed by atoms with Crippen LogP contribution in [0.3, 0.4) is 0 Å². The Morgan fingerprint density at radius 3 is 1.41 bits per heavy atom. The van der Waals surface area contributed by atoms with Crippen LogP contribution in [0.15, 0.2) is 91.8 Å². The van der Waals surface area contributed by atoms with Crippen LogP contribution in [-0.2, 0) is 26.0 Å². The number of rotatable bonds is 4. The molecule has 210 valence electrons. The fourth-order valence-electron chi connectivity index (χ4n) is 4.13. The van der Waals surface area contributed by atoms with E-state index in [1.807, 2.05) is 86.9 Å². The van der Waals surface area contributed by atoms with Crippen LogP contribution in [0, 0.1) is 5.41 Å². The van der Waals surface area contributed by atoms with E-state index < -0.39 is 0 Å². The summed E-state index contributed by atoms with van der Waals surface area (Å²) in [7, 11) is 3.39. The van der Waals surface area contributed by atoms with Crippen LogP contribution in [0.1, 0.15) is 45.2 Å². The van der Waals surface area contributed by atoms with Crippen LogP contribution in [0.5, 0.6) is 0 Å². The first-order valence-electron chi connectivity index (χ1n) is 13.1. The van der Waals surface area contributed by atoms with Crippen LogP contribution < -0.4 is 0 Å². The molecule has 0 N–H and O–H groups in total. The average molecular weight is 571 g/mol. The first-order valence-corrected chi connectivity index (χ1v) is 13.1. The molecule has 0 radical (unpaired) electrons. The van der Waals surface area contributed by atoms with Gasteiger partial charge in [-0.25, -0.2) is 0 Å². The van der Waals surface area contributed by atoms with Gasteiger partial charge in [0, 0.05) is 83.1 Å². The molecule has 0 fully saturated rings. The molecule has 0 aliphatic carbocycles. The second kappa shape index (κ2) is 15.9. The molecule has 0 aromatic heterocycles. The van der Waals surface area contributed by atoms with E-state index in [0.29, 0.717) is 26.2 Å². The van der Waals surface area contributed by atoms with Crippen molar-refractivity contribution in [1.82, 2.24) is 0 Å². The summed E-state index contributed by atoms with van der Waals surface area (Å²) in [5.41, 5.74) is 5.41. The summed E-state index contributed by atoms with van der Waals surface area (Å²) in [5.74, 6) is 1.54. The molecule has 0 bridgehead atoms. The Kier molecular flexibility index (Phi) is 13.0. The maximum Gasteiger partial charge on any atom is 0.136 e. The van der Waals surface area contributed by atoms with Crippen molar-refractivity contribution in [2.75, 3.05) is 40.4 Å². The van der Waals surface area contributed by atoms with Gasteiger partial charge in [0.15, 0.2) is 0 Å². The fraction of sp³-hybridized carbons (Fsp3) is 0.375.